The zero-order valence-corrected chi connectivity index (χ0v) is 14.1. The van der Waals surface area contributed by atoms with Gasteiger partial charge in [0.2, 0.25) is 0 Å². The molecule has 1 aromatic heterocycles. The van der Waals surface area contributed by atoms with Gasteiger partial charge in [-0.2, -0.15) is 0 Å². The molecule has 0 amide bonds. The minimum Gasteiger partial charge on any atom is -0.393 e. The van der Waals surface area contributed by atoms with Gasteiger partial charge in [0.25, 0.3) is 0 Å². The van der Waals surface area contributed by atoms with Gasteiger partial charge in [-0.25, -0.2) is 9.97 Å². The highest BCUT2D eigenvalue weighted by atomic mass is 15.1. The fourth-order valence-corrected chi connectivity index (χ4v) is 2.58. The number of hydrogen-bond acceptors (Lipinski definition) is 5. The Morgan fingerprint density at radius 2 is 1.75 bits per heavy atom. The number of nitrogens with two attached hydrogens (primary N) is 1. The molecule has 0 atom stereocenters. The molecule has 0 unspecified atom stereocenters. The summed E-state index contributed by atoms with van der Waals surface area (Å²) in [7, 11) is 0. The van der Waals surface area contributed by atoms with E-state index in [9.17, 15) is 0 Å². The van der Waals surface area contributed by atoms with Crippen LogP contribution in [0, 0.1) is 5.92 Å². The monoisotopic (exact) mass is 321 g/mol. The minimum atomic E-state index is 0.536. The van der Waals surface area contributed by atoms with Crippen molar-refractivity contribution in [1.82, 2.24) is 9.97 Å². The van der Waals surface area contributed by atoms with Crippen LogP contribution in [0.25, 0.3) is 10.8 Å². The van der Waals surface area contributed by atoms with Gasteiger partial charge in [0, 0.05) is 17.6 Å². The average molecular weight is 321 g/mol. The maximum absolute atomic E-state index is 6.24. The molecule has 0 saturated carbocycles. The highest BCUT2D eigenvalue weighted by molar-refractivity contribution is 5.96. The number of nitrogens with one attached hydrogen (secondary N) is 2. The van der Waals surface area contributed by atoms with E-state index in [4.69, 9.17) is 5.73 Å². The second kappa shape index (κ2) is 7.17. The average Bonchev–Trinajstić information content (AvgIpc) is 2.58. The number of nitrogen functional groups attached to an aromatic ring is 1. The van der Waals surface area contributed by atoms with E-state index in [-0.39, 0.29) is 0 Å². The second-order valence-electron chi connectivity index (χ2n) is 6.25. The normalized spacial score (nSPS) is 11.0. The van der Waals surface area contributed by atoms with Crippen molar-refractivity contribution in [3.8, 4) is 0 Å². The SMILES string of the molecule is CC(C)CCNc1ncnc(Nc2cccc3ccccc23)c1N. The van der Waals surface area contributed by atoms with Gasteiger partial charge in [0.15, 0.2) is 11.6 Å². The third-order valence-electron chi connectivity index (χ3n) is 3.94. The van der Waals surface area contributed by atoms with E-state index in [2.05, 4.69) is 52.6 Å². The topological polar surface area (TPSA) is 75.9 Å². The van der Waals surface area contributed by atoms with Crippen LogP contribution in [0.15, 0.2) is 48.8 Å². The van der Waals surface area contributed by atoms with Crippen LogP contribution in [0.1, 0.15) is 20.3 Å². The predicted molar refractivity (Wildman–Crippen MR) is 102 cm³/mol. The smallest absolute Gasteiger partial charge is 0.159 e. The lowest BCUT2D eigenvalue weighted by molar-refractivity contribution is 0.606. The molecular weight excluding hydrogens is 298 g/mol. The molecule has 0 radical (unpaired) electrons. The Labute approximate surface area is 142 Å². The number of fused-ring (bicyclic) bond motifs is 1. The molecule has 0 aliphatic rings. The van der Waals surface area contributed by atoms with E-state index in [0.29, 0.717) is 23.2 Å². The first-order valence-corrected chi connectivity index (χ1v) is 8.24. The van der Waals surface area contributed by atoms with Crippen molar-refractivity contribution in [1.29, 1.82) is 0 Å². The quantitative estimate of drug-likeness (QED) is 0.627. The third-order valence-corrected chi connectivity index (χ3v) is 3.94. The number of hydrogen-bond donors (Lipinski definition) is 3. The van der Waals surface area contributed by atoms with Crippen LogP contribution >= 0.6 is 0 Å². The van der Waals surface area contributed by atoms with Crippen LogP contribution in [-0.4, -0.2) is 16.5 Å². The molecule has 0 spiro atoms. The zero-order valence-electron chi connectivity index (χ0n) is 14.1. The number of rotatable bonds is 6. The Morgan fingerprint density at radius 3 is 2.58 bits per heavy atom. The van der Waals surface area contributed by atoms with Gasteiger partial charge >= 0.3 is 0 Å². The van der Waals surface area contributed by atoms with Crippen molar-refractivity contribution in [2.45, 2.75) is 20.3 Å². The van der Waals surface area contributed by atoms with Crippen molar-refractivity contribution in [2.24, 2.45) is 5.92 Å². The number of nitrogens with zero attached hydrogens (tertiary/aromatic N) is 2. The Hall–Kier alpha value is -2.82. The molecule has 2 aromatic carbocycles. The van der Waals surface area contributed by atoms with Crippen molar-refractivity contribution in [2.75, 3.05) is 22.9 Å². The van der Waals surface area contributed by atoms with Crippen molar-refractivity contribution < 1.29 is 0 Å². The molecule has 4 N–H and O–H groups in total. The van der Waals surface area contributed by atoms with E-state index in [0.717, 1.165) is 24.0 Å². The molecular formula is C19H23N5. The fourth-order valence-electron chi connectivity index (χ4n) is 2.58. The first kappa shape index (κ1) is 16.1. The minimum absolute atomic E-state index is 0.536. The van der Waals surface area contributed by atoms with E-state index in [1.807, 2.05) is 24.3 Å². The van der Waals surface area contributed by atoms with Crippen molar-refractivity contribution in [3.63, 3.8) is 0 Å². The molecule has 0 bridgehead atoms. The molecule has 0 saturated heterocycles. The van der Waals surface area contributed by atoms with Crippen LogP contribution < -0.4 is 16.4 Å². The molecule has 124 valence electrons. The van der Waals surface area contributed by atoms with Crippen LogP contribution in [-0.2, 0) is 0 Å². The lowest BCUT2D eigenvalue weighted by Crippen LogP contribution is -2.10. The summed E-state index contributed by atoms with van der Waals surface area (Å²) in [5.41, 5.74) is 7.76. The summed E-state index contributed by atoms with van der Waals surface area (Å²) >= 11 is 0. The second-order valence-corrected chi connectivity index (χ2v) is 6.25. The van der Waals surface area contributed by atoms with Gasteiger partial charge in [-0.15, -0.1) is 0 Å². The third kappa shape index (κ3) is 3.56. The van der Waals surface area contributed by atoms with E-state index >= 15 is 0 Å². The lowest BCUT2D eigenvalue weighted by atomic mass is 10.1. The highest BCUT2D eigenvalue weighted by Crippen LogP contribution is 2.30. The van der Waals surface area contributed by atoms with Crippen molar-refractivity contribution >= 4 is 33.8 Å². The standard InChI is InChI=1S/C19H23N5/c1-13(2)10-11-21-18-17(20)19(23-12-22-18)24-16-9-5-7-14-6-3-4-8-15(14)16/h3-9,12-13H,10-11,20H2,1-2H3,(H2,21,22,23,24). The highest BCUT2D eigenvalue weighted by Gasteiger charge is 2.09. The van der Waals surface area contributed by atoms with E-state index < -0.39 is 0 Å². The van der Waals surface area contributed by atoms with Gasteiger partial charge in [-0.3, -0.25) is 0 Å². The molecule has 0 aliphatic carbocycles. The van der Waals surface area contributed by atoms with E-state index in [1.54, 1.807) is 0 Å². The molecule has 24 heavy (non-hydrogen) atoms. The Bertz CT molecular complexity index is 824. The van der Waals surface area contributed by atoms with Crippen LogP contribution in [0.3, 0.4) is 0 Å². The summed E-state index contributed by atoms with van der Waals surface area (Å²) in [4.78, 5) is 8.55. The van der Waals surface area contributed by atoms with Crippen LogP contribution in [0.4, 0.5) is 23.0 Å². The molecule has 0 aliphatic heterocycles. The van der Waals surface area contributed by atoms with Crippen LogP contribution in [0.5, 0.6) is 0 Å². The number of aromatic nitrogens is 2. The lowest BCUT2D eigenvalue weighted by Gasteiger charge is -2.14. The molecule has 3 rings (SSSR count). The summed E-state index contributed by atoms with van der Waals surface area (Å²) in [5, 5.41) is 8.93. The van der Waals surface area contributed by atoms with Crippen molar-refractivity contribution in [3.05, 3.63) is 48.8 Å². The number of anilines is 4. The predicted octanol–water partition coefficient (Wildman–Crippen LogP) is 4.41. The Kier molecular flexibility index (Phi) is 4.79. The van der Waals surface area contributed by atoms with E-state index in [1.165, 1.54) is 11.7 Å². The fraction of sp³-hybridized carbons (Fsp3) is 0.263. The molecule has 3 aromatic rings. The van der Waals surface area contributed by atoms with Gasteiger partial charge in [-0.1, -0.05) is 50.2 Å². The largest absolute Gasteiger partial charge is 0.393 e. The maximum atomic E-state index is 6.24. The first-order valence-electron chi connectivity index (χ1n) is 8.24. The Morgan fingerprint density at radius 1 is 1.00 bits per heavy atom. The van der Waals surface area contributed by atoms with Gasteiger partial charge in [-0.05, 0) is 23.8 Å². The summed E-state index contributed by atoms with van der Waals surface area (Å²) < 4.78 is 0. The molecule has 0 fully saturated rings. The zero-order chi connectivity index (χ0) is 16.9. The summed E-state index contributed by atoms with van der Waals surface area (Å²) in [5.74, 6) is 1.93. The van der Waals surface area contributed by atoms with Gasteiger partial charge in [0.05, 0.1) is 0 Å². The number of benzene rings is 2. The molecule has 5 nitrogen and oxygen atoms in total. The Balaban J connectivity index is 1.84. The van der Waals surface area contributed by atoms with Gasteiger partial charge in [0.1, 0.15) is 12.0 Å². The first-order chi connectivity index (χ1) is 11.6. The summed E-state index contributed by atoms with van der Waals surface area (Å²) in [6, 6.07) is 14.3. The molecule has 1 heterocycles. The van der Waals surface area contributed by atoms with Gasteiger partial charge < -0.3 is 16.4 Å². The van der Waals surface area contributed by atoms with Crippen LogP contribution in [0.2, 0.25) is 0 Å². The maximum Gasteiger partial charge on any atom is 0.159 e. The summed E-state index contributed by atoms with van der Waals surface area (Å²) in [6.45, 7) is 5.23. The summed E-state index contributed by atoms with van der Waals surface area (Å²) in [6.07, 6.45) is 2.59. The molecule has 5 heteroatoms.